The van der Waals surface area contributed by atoms with Crippen LogP contribution in [-0.2, 0) is 12.8 Å². The van der Waals surface area contributed by atoms with Crippen LogP contribution in [0.4, 0.5) is 10.1 Å². The van der Waals surface area contributed by atoms with E-state index in [-0.39, 0.29) is 11.5 Å². The summed E-state index contributed by atoms with van der Waals surface area (Å²) in [5.41, 5.74) is 6.40. The molecule has 1 heterocycles. The number of nitrogens with one attached hydrogen (secondary N) is 1. The number of nitrogens with zero attached hydrogens (tertiary/aromatic N) is 2. The van der Waals surface area contributed by atoms with Crippen LogP contribution < -0.4 is 11.4 Å². The molecule has 0 fully saturated rings. The number of hydrogen-bond acceptors (Lipinski definition) is 4. The molecule has 0 saturated carbocycles. The molecule has 0 amide bonds. The van der Waals surface area contributed by atoms with Gasteiger partial charge in [0.1, 0.15) is 5.82 Å². The second kappa shape index (κ2) is 4.62. The summed E-state index contributed by atoms with van der Waals surface area (Å²) in [6.07, 6.45) is 0. The SMILES string of the molecule is Cn1c(SCc2cc(N)cc(F)c2)n[nH]c1=O. The Morgan fingerprint density at radius 2 is 2.29 bits per heavy atom. The van der Waals surface area contributed by atoms with E-state index in [2.05, 4.69) is 10.2 Å². The van der Waals surface area contributed by atoms with Crippen molar-refractivity contribution >= 4 is 17.4 Å². The quantitative estimate of drug-likeness (QED) is 0.635. The Hall–Kier alpha value is -1.76. The molecule has 3 N–H and O–H groups in total. The lowest BCUT2D eigenvalue weighted by Gasteiger charge is -2.02. The lowest BCUT2D eigenvalue weighted by molar-refractivity contribution is 0.627. The second-order valence-corrected chi connectivity index (χ2v) is 4.49. The van der Waals surface area contributed by atoms with Gasteiger partial charge in [0.15, 0.2) is 5.16 Å². The van der Waals surface area contributed by atoms with E-state index in [0.717, 1.165) is 5.56 Å². The molecule has 0 bridgehead atoms. The molecule has 0 atom stereocenters. The first-order valence-electron chi connectivity index (χ1n) is 4.85. The minimum absolute atomic E-state index is 0.272. The summed E-state index contributed by atoms with van der Waals surface area (Å²) in [5.74, 6) is 0.136. The average Bonchev–Trinajstić information content (AvgIpc) is 2.56. The number of anilines is 1. The lowest BCUT2D eigenvalue weighted by atomic mass is 10.2. The van der Waals surface area contributed by atoms with Gasteiger partial charge in [0, 0.05) is 18.5 Å². The highest BCUT2D eigenvalue weighted by Crippen LogP contribution is 2.21. The van der Waals surface area contributed by atoms with Crippen molar-refractivity contribution in [3.8, 4) is 0 Å². The van der Waals surface area contributed by atoms with Gasteiger partial charge in [-0.3, -0.25) is 4.57 Å². The van der Waals surface area contributed by atoms with Crippen LogP contribution >= 0.6 is 11.8 Å². The van der Waals surface area contributed by atoms with Crippen LogP contribution in [0.2, 0.25) is 0 Å². The Kier molecular flexibility index (Phi) is 3.19. The van der Waals surface area contributed by atoms with Crippen molar-refractivity contribution in [2.45, 2.75) is 10.9 Å². The number of hydrogen-bond donors (Lipinski definition) is 2. The van der Waals surface area contributed by atoms with Crippen LogP contribution in [0, 0.1) is 5.82 Å². The summed E-state index contributed by atoms with van der Waals surface area (Å²) in [6, 6.07) is 4.37. The fraction of sp³-hybridized carbons (Fsp3) is 0.200. The van der Waals surface area contributed by atoms with E-state index >= 15 is 0 Å². The second-order valence-electron chi connectivity index (χ2n) is 3.55. The van der Waals surface area contributed by atoms with Crippen LogP contribution in [0.5, 0.6) is 0 Å². The molecule has 0 radical (unpaired) electrons. The van der Waals surface area contributed by atoms with E-state index in [1.165, 1.54) is 28.5 Å². The van der Waals surface area contributed by atoms with Crippen LogP contribution in [0.25, 0.3) is 0 Å². The molecule has 0 aliphatic heterocycles. The van der Waals surface area contributed by atoms with Gasteiger partial charge in [-0.05, 0) is 23.8 Å². The maximum atomic E-state index is 13.1. The van der Waals surface area contributed by atoms with Crippen molar-refractivity contribution in [1.82, 2.24) is 14.8 Å². The first-order valence-corrected chi connectivity index (χ1v) is 5.84. The number of H-pyrrole nitrogens is 1. The van der Waals surface area contributed by atoms with E-state index in [9.17, 15) is 9.18 Å². The van der Waals surface area contributed by atoms with Crippen LogP contribution in [-0.4, -0.2) is 14.8 Å². The maximum Gasteiger partial charge on any atom is 0.343 e. The molecule has 2 rings (SSSR count). The number of aromatic amines is 1. The molecule has 17 heavy (non-hydrogen) atoms. The first-order chi connectivity index (χ1) is 8.06. The van der Waals surface area contributed by atoms with Gasteiger partial charge < -0.3 is 5.73 Å². The van der Waals surface area contributed by atoms with Crippen molar-refractivity contribution in [1.29, 1.82) is 0 Å². The molecule has 90 valence electrons. The molecule has 0 unspecified atom stereocenters. The average molecular weight is 254 g/mol. The minimum atomic E-state index is -0.364. The molecule has 1 aromatic carbocycles. The Balaban J connectivity index is 2.12. The third-order valence-electron chi connectivity index (χ3n) is 2.19. The number of benzene rings is 1. The number of halogens is 1. The molecular weight excluding hydrogens is 243 g/mol. The molecule has 0 aliphatic rings. The predicted octanol–water partition coefficient (Wildman–Crippen LogP) is 1.12. The summed E-state index contributed by atoms with van der Waals surface area (Å²) in [6.45, 7) is 0. The highest BCUT2D eigenvalue weighted by atomic mass is 32.2. The number of rotatable bonds is 3. The fourth-order valence-electron chi connectivity index (χ4n) is 1.37. The van der Waals surface area contributed by atoms with Gasteiger partial charge in [-0.15, -0.1) is 5.10 Å². The normalized spacial score (nSPS) is 10.7. The highest BCUT2D eigenvalue weighted by Gasteiger charge is 2.06. The van der Waals surface area contributed by atoms with E-state index in [4.69, 9.17) is 5.73 Å². The fourth-order valence-corrected chi connectivity index (χ4v) is 2.22. The van der Waals surface area contributed by atoms with Crippen molar-refractivity contribution in [2.24, 2.45) is 7.05 Å². The molecule has 7 heteroatoms. The lowest BCUT2D eigenvalue weighted by Crippen LogP contribution is -2.12. The first kappa shape index (κ1) is 11.7. The van der Waals surface area contributed by atoms with Gasteiger partial charge in [-0.2, -0.15) is 0 Å². The van der Waals surface area contributed by atoms with Gasteiger partial charge in [0.05, 0.1) is 0 Å². The van der Waals surface area contributed by atoms with Gasteiger partial charge in [-0.25, -0.2) is 14.3 Å². The van der Waals surface area contributed by atoms with Crippen molar-refractivity contribution in [2.75, 3.05) is 5.73 Å². The Morgan fingerprint density at radius 1 is 1.53 bits per heavy atom. The number of nitrogens with two attached hydrogens (primary N) is 1. The Morgan fingerprint density at radius 3 is 2.88 bits per heavy atom. The standard InChI is InChI=1S/C10H11FN4OS/c1-15-9(16)13-14-10(15)17-5-6-2-7(11)4-8(12)3-6/h2-4H,5,12H2,1H3,(H,13,16). The highest BCUT2D eigenvalue weighted by molar-refractivity contribution is 7.98. The Labute approximate surface area is 101 Å². The van der Waals surface area contributed by atoms with Crippen LogP contribution in [0.1, 0.15) is 5.56 Å². The summed E-state index contributed by atoms with van der Waals surface area (Å²) >= 11 is 1.34. The van der Waals surface area contributed by atoms with E-state index in [0.29, 0.717) is 16.6 Å². The molecule has 2 aromatic rings. The number of thioether (sulfide) groups is 1. The van der Waals surface area contributed by atoms with Crippen LogP contribution in [0.3, 0.4) is 0 Å². The zero-order chi connectivity index (χ0) is 12.4. The van der Waals surface area contributed by atoms with E-state index in [1.54, 1.807) is 13.1 Å². The van der Waals surface area contributed by atoms with E-state index in [1.807, 2.05) is 0 Å². The van der Waals surface area contributed by atoms with Gasteiger partial charge in [0.25, 0.3) is 0 Å². The monoisotopic (exact) mass is 254 g/mol. The van der Waals surface area contributed by atoms with Crippen molar-refractivity contribution < 1.29 is 4.39 Å². The van der Waals surface area contributed by atoms with E-state index < -0.39 is 0 Å². The molecule has 5 nitrogen and oxygen atoms in total. The number of aromatic nitrogens is 3. The Bertz CT molecular complexity index is 572. The zero-order valence-electron chi connectivity index (χ0n) is 9.11. The molecule has 0 saturated heterocycles. The molecule has 0 spiro atoms. The predicted molar refractivity (Wildman–Crippen MR) is 64.2 cm³/mol. The summed E-state index contributed by atoms with van der Waals surface area (Å²) in [4.78, 5) is 11.1. The molecule has 1 aromatic heterocycles. The third kappa shape index (κ3) is 2.68. The summed E-state index contributed by atoms with van der Waals surface area (Å²) < 4.78 is 14.5. The molecular formula is C10H11FN4OS. The van der Waals surface area contributed by atoms with Gasteiger partial charge >= 0.3 is 5.69 Å². The third-order valence-corrected chi connectivity index (χ3v) is 3.29. The van der Waals surface area contributed by atoms with Gasteiger partial charge in [-0.1, -0.05) is 11.8 Å². The number of nitrogen functional groups attached to an aromatic ring is 1. The van der Waals surface area contributed by atoms with Crippen molar-refractivity contribution in [3.05, 3.63) is 40.1 Å². The largest absolute Gasteiger partial charge is 0.399 e. The maximum absolute atomic E-state index is 13.1. The minimum Gasteiger partial charge on any atom is -0.399 e. The molecule has 0 aliphatic carbocycles. The van der Waals surface area contributed by atoms with Crippen LogP contribution in [0.15, 0.2) is 28.2 Å². The summed E-state index contributed by atoms with van der Waals surface area (Å²) in [5, 5.41) is 6.73. The summed E-state index contributed by atoms with van der Waals surface area (Å²) in [7, 11) is 1.62. The van der Waals surface area contributed by atoms with Crippen molar-refractivity contribution in [3.63, 3.8) is 0 Å². The zero-order valence-corrected chi connectivity index (χ0v) is 9.92. The smallest absolute Gasteiger partial charge is 0.343 e. The van der Waals surface area contributed by atoms with Gasteiger partial charge in [0.2, 0.25) is 0 Å². The topological polar surface area (TPSA) is 76.7 Å².